The van der Waals surface area contributed by atoms with Gasteiger partial charge in [0.05, 0.1) is 16.9 Å². The Labute approximate surface area is 135 Å². The number of hydrogen-bond acceptors (Lipinski definition) is 8. The first-order valence-corrected chi connectivity index (χ1v) is 7.12. The monoisotopic (exact) mass is 337 g/mol. The molecule has 4 unspecified atom stereocenters. The molecule has 1 fully saturated rings. The van der Waals surface area contributed by atoms with Crippen molar-refractivity contribution in [3.63, 3.8) is 0 Å². The van der Waals surface area contributed by atoms with Gasteiger partial charge in [-0.15, -0.1) is 0 Å². The van der Waals surface area contributed by atoms with Gasteiger partial charge in [0.2, 0.25) is 12.0 Å². The van der Waals surface area contributed by atoms with Gasteiger partial charge in [-0.2, -0.15) is 0 Å². The Kier molecular flexibility index (Phi) is 4.24. The first-order valence-electron chi connectivity index (χ1n) is 7.12. The Bertz CT molecular complexity index is 779. The minimum absolute atomic E-state index is 0.230. The normalized spacial score (nSPS) is 26.6. The summed E-state index contributed by atoms with van der Waals surface area (Å²) in [5.74, 6) is -0.980. The standard InChI is InChI=1S/C15H15NO8/c17-6-10-13(19)14(20)15(24-10)23-9-5-7-3-1-2-4-8(7)11(12(9)18)16(21)22/h1-5,10,13-15,17-20H,6H2. The van der Waals surface area contributed by atoms with E-state index in [2.05, 4.69) is 0 Å². The molecule has 0 amide bonds. The molecule has 4 atom stereocenters. The number of ether oxygens (including phenoxy) is 2. The lowest BCUT2D eigenvalue weighted by molar-refractivity contribution is -0.384. The highest BCUT2D eigenvalue weighted by molar-refractivity contribution is 5.95. The van der Waals surface area contributed by atoms with Crippen LogP contribution in [0, 0.1) is 10.1 Å². The number of rotatable bonds is 4. The largest absolute Gasteiger partial charge is 0.499 e. The maximum absolute atomic E-state index is 11.3. The Morgan fingerprint density at radius 1 is 1.25 bits per heavy atom. The van der Waals surface area contributed by atoms with Gasteiger partial charge in [-0.05, 0) is 17.5 Å². The second kappa shape index (κ2) is 6.21. The number of aromatic hydroxyl groups is 1. The Morgan fingerprint density at radius 2 is 1.96 bits per heavy atom. The van der Waals surface area contributed by atoms with Crippen LogP contribution >= 0.6 is 0 Å². The molecule has 1 saturated heterocycles. The van der Waals surface area contributed by atoms with Gasteiger partial charge in [-0.1, -0.05) is 18.2 Å². The summed E-state index contributed by atoms with van der Waals surface area (Å²) in [5.41, 5.74) is -0.533. The third kappa shape index (κ3) is 2.63. The van der Waals surface area contributed by atoms with E-state index in [4.69, 9.17) is 14.6 Å². The molecule has 0 aliphatic carbocycles. The molecule has 1 aliphatic heterocycles. The number of aliphatic hydroxyl groups is 3. The highest BCUT2D eigenvalue weighted by atomic mass is 16.7. The number of benzene rings is 2. The van der Waals surface area contributed by atoms with Gasteiger partial charge in [0.25, 0.3) is 0 Å². The zero-order valence-corrected chi connectivity index (χ0v) is 12.3. The zero-order chi connectivity index (χ0) is 17.4. The lowest BCUT2D eigenvalue weighted by Gasteiger charge is -2.18. The van der Waals surface area contributed by atoms with Crippen LogP contribution in [0.1, 0.15) is 0 Å². The highest BCUT2D eigenvalue weighted by Gasteiger charge is 2.44. The lowest BCUT2D eigenvalue weighted by atomic mass is 10.1. The van der Waals surface area contributed by atoms with Crippen LogP contribution in [0.3, 0.4) is 0 Å². The van der Waals surface area contributed by atoms with Gasteiger partial charge >= 0.3 is 5.69 Å². The molecule has 1 aliphatic rings. The van der Waals surface area contributed by atoms with Crippen molar-refractivity contribution in [1.29, 1.82) is 0 Å². The van der Waals surface area contributed by atoms with E-state index in [1.165, 1.54) is 12.1 Å². The Balaban J connectivity index is 2.01. The SMILES string of the molecule is O=[N+]([O-])c1c(O)c(OC2OC(CO)C(O)C2O)cc2ccccc12. The average Bonchev–Trinajstić information content (AvgIpc) is 2.83. The number of aliphatic hydroxyl groups excluding tert-OH is 3. The Morgan fingerprint density at radius 3 is 2.58 bits per heavy atom. The van der Waals surface area contributed by atoms with E-state index in [0.29, 0.717) is 5.39 Å². The van der Waals surface area contributed by atoms with Crippen molar-refractivity contribution in [2.45, 2.75) is 24.6 Å². The van der Waals surface area contributed by atoms with Crippen LogP contribution in [0.2, 0.25) is 0 Å². The van der Waals surface area contributed by atoms with Crippen LogP contribution < -0.4 is 4.74 Å². The van der Waals surface area contributed by atoms with E-state index in [0.717, 1.165) is 0 Å². The van der Waals surface area contributed by atoms with Crippen molar-refractivity contribution in [3.8, 4) is 11.5 Å². The van der Waals surface area contributed by atoms with Gasteiger partial charge in [0.15, 0.2) is 5.75 Å². The van der Waals surface area contributed by atoms with Gasteiger partial charge in [0, 0.05) is 0 Å². The predicted molar refractivity (Wildman–Crippen MR) is 80.7 cm³/mol. The molecule has 0 saturated carbocycles. The van der Waals surface area contributed by atoms with Crippen LogP contribution in [0.5, 0.6) is 11.5 Å². The van der Waals surface area contributed by atoms with Crippen molar-refractivity contribution >= 4 is 16.5 Å². The molecule has 3 rings (SSSR count). The molecule has 9 nitrogen and oxygen atoms in total. The lowest BCUT2D eigenvalue weighted by Crippen LogP contribution is -2.35. The second-order valence-corrected chi connectivity index (χ2v) is 5.37. The second-order valence-electron chi connectivity index (χ2n) is 5.37. The quantitative estimate of drug-likeness (QED) is 0.460. The molecule has 4 N–H and O–H groups in total. The third-order valence-corrected chi connectivity index (χ3v) is 3.88. The number of fused-ring (bicyclic) bond motifs is 1. The van der Waals surface area contributed by atoms with Crippen molar-refractivity contribution in [3.05, 3.63) is 40.4 Å². The van der Waals surface area contributed by atoms with Gasteiger partial charge in [-0.25, -0.2) is 0 Å². The van der Waals surface area contributed by atoms with Gasteiger partial charge in [0.1, 0.15) is 18.3 Å². The first-order chi connectivity index (χ1) is 11.4. The highest BCUT2D eigenvalue weighted by Crippen LogP contribution is 2.43. The topological polar surface area (TPSA) is 143 Å². The van der Waals surface area contributed by atoms with E-state index < -0.39 is 47.6 Å². The van der Waals surface area contributed by atoms with E-state index in [-0.39, 0.29) is 11.1 Å². The number of nitrogens with zero attached hydrogens (tertiary/aromatic N) is 1. The molecular formula is C15H15NO8. The van der Waals surface area contributed by atoms with E-state index >= 15 is 0 Å². The molecule has 128 valence electrons. The summed E-state index contributed by atoms with van der Waals surface area (Å²) in [4.78, 5) is 10.5. The van der Waals surface area contributed by atoms with Crippen LogP contribution in [-0.2, 0) is 4.74 Å². The summed E-state index contributed by atoms with van der Waals surface area (Å²) >= 11 is 0. The first kappa shape index (κ1) is 16.4. The summed E-state index contributed by atoms with van der Waals surface area (Å²) < 4.78 is 10.5. The number of phenolic OH excluding ortho intramolecular Hbond substituents is 1. The number of nitro benzene ring substituents is 1. The molecule has 9 heteroatoms. The number of hydrogen-bond donors (Lipinski definition) is 4. The zero-order valence-electron chi connectivity index (χ0n) is 12.3. The van der Waals surface area contributed by atoms with E-state index in [1.807, 2.05) is 0 Å². The molecule has 0 spiro atoms. The average molecular weight is 337 g/mol. The Hall–Kier alpha value is -2.46. The van der Waals surface area contributed by atoms with Gasteiger partial charge in [-0.3, -0.25) is 10.1 Å². The van der Waals surface area contributed by atoms with Crippen molar-refractivity contribution in [2.75, 3.05) is 6.61 Å². The van der Waals surface area contributed by atoms with Crippen molar-refractivity contribution in [1.82, 2.24) is 0 Å². The van der Waals surface area contributed by atoms with Crippen molar-refractivity contribution < 1.29 is 34.8 Å². The van der Waals surface area contributed by atoms with Crippen molar-refractivity contribution in [2.24, 2.45) is 0 Å². The molecule has 0 aromatic heterocycles. The van der Waals surface area contributed by atoms with Crippen LogP contribution in [0.15, 0.2) is 30.3 Å². The summed E-state index contributed by atoms with van der Waals surface area (Å²) in [6.07, 6.45) is -5.30. The minimum Gasteiger partial charge on any atom is -0.499 e. The smallest absolute Gasteiger partial charge is 0.322 e. The summed E-state index contributed by atoms with van der Waals surface area (Å²) in [6, 6.07) is 7.72. The van der Waals surface area contributed by atoms with Gasteiger partial charge < -0.3 is 29.9 Å². The number of phenols is 1. The predicted octanol–water partition coefficient (Wildman–Crippen LogP) is 0.271. The maximum atomic E-state index is 11.3. The van der Waals surface area contributed by atoms with Crippen LogP contribution in [-0.4, -0.2) is 56.6 Å². The number of nitro groups is 1. The van der Waals surface area contributed by atoms with E-state index in [9.17, 15) is 25.4 Å². The third-order valence-electron chi connectivity index (χ3n) is 3.88. The fourth-order valence-corrected chi connectivity index (χ4v) is 2.65. The van der Waals surface area contributed by atoms with E-state index in [1.54, 1.807) is 18.2 Å². The molecular weight excluding hydrogens is 322 g/mol. The molecule has 2 aromatic rings. The molecule has 0 radical (unpaired) electrons. The molecule has 1 heterocycles. The molecule has 2 aromatic carbocycles. The molecule has 0 bridgehead atoms. The van der Waals surface area contributed by atoms with Crippen LogP contribution in [0.4, 0.5) is 5.69 Å². The van der Waals surface area contributed by atoms with Crippen LogP contribution in [0.25, 0.3) is 10.8 Å². The maximum Gasteiger partial charge on any atom is 0.322 e. The summed E-state index contributed by atoms with van der Waals surface area (Å²) in [6.45, 7) is -0.540. The molecule has 24 heavy (non-hydrogen) atoms. The summed E-state index contributed by atoms with van der Waals surface area (Å²) in [7, 11) is 0. The fourth-order valence-electron chi connectivity index (χ4n) is 2.65. The summed E-state index contributed by atoms with van der Waals surface area (Å²) in [5, 5.41) is 50.8. The minimum atomic E-state index is -1.48. The fraction of sp³-hybridized carbons (Fsp3) is 0.333.